The number of aryl methyl sites for hydroxylation is 1. The molecule has 0 atom stereocenters. The highest BCUT2D eigenvalue weighted by Gasteiger charge is 2.21. The normalized spacial score (nSPS) is 11.0. The van der Waals surface area contributed by atoms with Gasteiger partial charge in [-0.2, -0.15) is 8.78 Å². The molecule has 3 rings (SSSR count). The highest BCUT2D eigenvalue weighted by atomic mass is 19.3. The maximum Gasteiger partial charge on any atom is 0.387 e. The van der Waals surface area contributed by atoms with E-state index in [1.165, 1.54) is 30.3 Å². The molecule has 0 aliphatic heterocycles. The number of fused-ring (bicyclic) bond motifs is 1. The van der Waals surface area contributed by atoms with E-state index >= 15 is 0 Å². The Labute approximate surface area is 134 Å². The molecule has 0 saturated heterocycles. The molecule has 1 heterocycles. The highest BCUT2D eigenvalue weighted by Crippen LogP contribution is 2.30. The monoisotopic (exact) mass is 335 g/mol. The fourth-order valence-corrected chi connectivity index (χ4v) is 2.37. The number of carbonyl (C=O) groups is 1. The average molecular weight is 335 g/mol. The molecule has 24 heavy (non-hydrogen) atoms. The third kappa shape index (κ3) is 2.92. The summed E-state index contributed by atoms with van der Waals surface area (Å²) in [5.41, 5.74) is 0.481. The summed E-state index contributed by atoms with van der Waals surface area (Å²) in [4.78, 5) is 12.4. The van der Waals surface area contributed by atoms with Gasteiger partial charge in [0.15, 0.2) is 17.2 Å². The number of rotatable bonds is 4. The van der Waals surface area contributed by atoms with Crippen molar-refractivity contribution >= 4 is 22.6 Å². The Morgan fingerprint density at radius 2 is 1.92 bits per heavy atom. The standard InChI is InChI=1S/C17H12F3NO3/c1-9-10-5-4-6-11(18)15(10)24-14(9)16(22)21-12-7-2-3-8-13(12)23-17(19)20/h2-8,17H,1H3,(H,21,22). The van der Waals surface area contributed by atoms with Crippen LogP contribution in [0.15, 0.2) is 46.9 Å². The quantitative estimate of drug-likeness (QED) is 0.749. The molecule has 0 spiro atoms. The van der Waals surface area contributed by atoms with E-state index < -0.39 is 18.3 Å². The Balaban J connectivity index is 1.94. The van der Waals surface area contributed by atoms with Gasteiger partial charge >= 0.3 is 6.61 Å². The molecule has 124 valence electrons. The molecule has 1 N–H and O–H groups in total. The van der Waals surface area contributed by atoms with E-state index in [2.05, 4.69) is 10.1 Å². The van der Waals surface area contributed by atoms with Crippen LogP contribution >= 0.6 is 0 Å². The molecule has 1 amide bonds. The number of halogens is 3. The third-order valence-electron chi connectivity index (χ3n) is 3.47. The fourth-order valence-electron chi connectivity index (χ4n) is 2.37. The lowest BCUT2D eigenvalue weighted by Gasteiger charge is -2.11. The van der Waals surface area contributed by atoms with E-state index in [1.54, 1.807) is 19.1 Å². The van der Waals surface area contributed by atoms with Crippen molar-refractivity contribution in [3.8, 4) is 5.75 Å². The van der Waals surface area contributed by atoms with Gasteiger partial charge in [0.05, 0.1) is 5.69 Å². The molecule has 3 aromatic rings. The number of carbonyl (C=O) groups excluding carboxylic acids is 1. The number of anilines is 1. The predicted octanol–water partition coefficient (Wildman–Crippen LogP) is 4.73. The zero-order valence-electron chi connectivity index (χ0n) is 12.5. The first-order valence-corrected chi connectivity index (χ1v) is 7.00. The number of para-hydroxylation sites is 3. The van der Waals surface area contributed by atoms with E-state index in [-0.39, 0.29) is 22.8 Å². The minimum atomic E-state index is -3.02. The minimum Gasteiger partial charge on any atom is -0.448 e. The van der Waals surface area contributed by atoms with Crippen LogP contribution in [0.1, 0.15) is 16.1 Å². The molecule has 0 fully saturated rings. The summed E-state index contributed by atoms with van der Waals surface area (Å²) in [5.74, 6) is -1.55. The first-order valence-electron chi connectivity index (χ1n) is 7.00. The first kappa shape index (κ1) is 15.9. The van der Waals surface area contributed by atoms with Gasteiger partial charge in [-0.15, -0.1) is 0 Å². The zero-order valence-corrected chi connectivity index (χ0v) is 12.5. The summed E-state index contributed by atoms with van der Waals surface area (Å²) in [6, 6.07) is 10.1. The smallest absolute Gasteiger partial charge is 0.387 e. The van der Waals surface area contributed by atoms with Crippen LogP contribution in [0.5, 0.6) is 5.75 Å². The number of hydrogen-bond acceptors (Lipinski definition) is 3. The summed E-state index contributed by atoms with van der Waals surface area (Å²) in [6.45, 7) is -1.41. The van der Waals surface area contributed by atoms with Crippen molar-refractivity contribution in [1.29, 1.82) is 0 Å². The van der Waals surface area contributed by atoms with E-state index in [0.29, 0.717) is 10.9 Å². The minimum absolute atomic E-state index is 0.0303. The van der Waals surface area contributed by atoms with E-state index in [0.717, 1.165) is 0 Å². The summed E-state index contributed by atoms with van der Waals surface area (Å²) >= 11 is 0. The number of alkyl halides is 2. The molecular formula is C17H12F3NO3. The van der Waals surface area contributed by atoms with Crippen LogP contribution in [-0.2, 0) is 0 Å². The van der Waals surface area contributed by atoms with Gasteiger partial charge in [-0.1, -0.05) is 24.3 Å². The van der Waals surface area contributed by atoms with Crippen LogP contribution in [0.25, 0.3) is 11.0 Å². The molecule has 1 aromatic heterocycles. The van der Waals surface area contributed by atoms with Crippen LogP contribution < -0.4 is 10.1 Å². The summed E-state index contributed by atoms with van der Waals surface area (Å²) in [5, 5.41) is 2.91. The molecule has 0 radical (unpaired) electrons. The number of ether oxygens (including phenoxy) is 1. The van der Waals surface area contributed by atoms with Crippen LogP contribution in [0.3, 0.4) is 0 Å². The molecule has 0 saturated carbocycles. The van der Waals surface area contributed by atoms with Crippen LogP contribution in [-0.4, -0.2) is 12.5 Å². The number of amides is 1. The maximum atomic E-state index is 13.7. The predicted molar refractivity (Wildman–Crippen MR) is 81.9 cm³/mol. The van der Waals surface area contributed by atoms with E-state index in [1.807, 2.05) is 0 Å². The largest absolute Gasteiger partial charge is 0.448 e. The van der Waals surface area contributed by atoms with Crippen LogP contribution in [0.4, 0.5) is 18.9 Å². The van der Waals surface area contributed by atoms with Crippen molar-refractivity contribution in [2.75, 3.05) is 5.32 Å². The van der Waals surface area contributed by atoms with Gasteiger partial charge in [0.2, 0.25) is 0 Å². The number of furan rings is 1. The number of hydrogen-bond donors (Lipinski definition) is 1. The lowest BCUT2D eigenvalue weighted by molar-refractivity contribution is -0.0493. The zero-order chi connectivity index (χ0) is 17.3. The van der Waals surface area contributed by atoms with Crippen LogP contribution in [0, 0.1) is 12.7 Å². The Morgan fingerprint density at radius 1 is 1.17 bits per heavy atom. The molecule has 0 bridgehead atoms. The third-order valence-corrected chi connectivity index (χ3v) is 3.47. The lowest BCUT2D eigenvalue weighted by Crippen LogP contribution is -2.14. The van der Waals surface area contributed by atoms with Crippen molar-refractivity contribution in [3.63, 3.8) is 0 Å². The SMILES string of the molecule is Cc1c(C(=O)Nc2ccccc2OC(F)F)oc2c(F)cccc12. The Hall–Kier alpha value is -2.96. The Bertz CT molecular complexity index is 905. The fraction of sp³-hybridized carbons (Fsp3) is 0.118. The van der Waals surface area contributed by atoms with Crippen molar-refractivity contribution in [2.45, 2.75) is 13.5 Å². The maximum absolute atomic E-state index is 13.7. The summed E-state index contributed by atoms with van der Waals surface area (Å²) in [6.07, 6.45) is 0. The second-order valence-corrected chi connectivity index (χ2v) is 5.00. The Morgan fingerprint density at radius 3 is 2.62 bits per heavy atom. The van der Waals surface area contributed by atoms with Gasteiger partial charge in [0.1, 0.15) is 5.75 Å². The van der Waals surface area contributed by atoms with E-state index in [9.17, 15) is 18.0 Å². The van der Waals surface area contributed by atoms with Gasteiger partial charge in [0.25, 0.3) is 5.91 Å². The van der Waals surface area contributed by atoms with Gasteiger partial charge in [0, 0.05) is 10.9 Å². The summed E-state index contributed by atoms with van der Waals surface area (Å²) < 4.78 is 48.2. The van der Waals surface area contributed by atoms with Gasteiger partial charge in [-0.25, -0.2) is 4.39 Å². The first-order chi connectivity index (χ1) is 11.5. The molecule has 0 aliphatic rings. The molecule has 2 aromatic carbocycles. The molecule has 7 heteroatoms. The average Bonchev–Trinajstić information content (AvgIpc) is 2.88. The van der Waals surface area contributed by atoms with Gasteiger partial charge in [-0.3, -0.25) is 4.79 Å². The number of nitrogens with one attached hydrogen (secondary N) is 1. The number of benzene rings is 2. The van der Waals surface area contributed by atoms with Gasteiger partial charge < -0.3 is 14.5 Å². The molecule has 4 nitrogen and oxygen atoms in total. The topological polar surface area (TPSA) is 51.5 Å². The van der Waals surface area contributed by atoms with Gasteiger partial charge in [-0.05, 0) is 25.1 Å². The molecule has 0 unspecified atom stereocenters. The lowest BCUT2D eigenvalue weighted by atomic mass is 10.1. The second-order valence-electron chi connectivity index (χ2n) is 5.00. The van der Waals surface area contributed by atoms with Crippen LogP contribution in [0.2, 0.25) is 0 Å². The van der Waals surface area contributed by atoms with E-state index in [4.69, 9.17) is 4.42 Å². The second kappa shape index (κ2) is 6.27. The highest BCUT2D eigenvalue weighted by molar-refractivity contribution is 6.07. The van der Waals surface area contributed by atoms with Crippen molar-refractivity contribution in [2.24, 2.45) is 0 Å². The van der Waals surface area contributed by atoms with Crippen molar-refractivity contribution in [1.82, 2.24) is 0 Å². The van der Waals surface area contributed by atoms with Crippen molar-refractivity contribution < 1.29 is 27.1 Å². The summed E-state index contributed by atoms with van der Waals surface area (Å²) in [7, 11) is 0. The van der Waals surface area contributed by atoms with Crippen molar-refractivity contribution in [3.05, 3.63) is 59.6 Å². The molecular weight excluding hydrogens is 323 g/mol. The molecule has 0 aliphatic carbocycles. The Kier molecular flexibility index (Phi) is 4.16.